The zero-order valence-corrected chi connectivity index (χ0v) is 21.1. The highest BCUT2D eigenvalue weighted by atomic mass is 35.5. The fourth-order valence-corrected chi connectivity index (χ4v) is 6.25. The number of likely N-dealkylation sites (tertiary alicyclic amines) is 1. The highest BCUT2D eigenvalue weighted by Crippen LogP contribution is 2.56. The Bertz CT molecular complexity index is 1110. The SMILES string of the molecule is CS(=O)[NH+]([O-])C(=O)c1cc(C2CC2)c(OC2C[C@]23CCCN(C2C=C(Cl)C=C(Cl)C2)C3)cc1F. The Morgan fingerprint density at radius 1 is 1.35 bits per heavy atom. The van der Waals surface area contributed by atoms with Crippen LogP contribution in [0.5, 0.6) is 5.75 Å². The van der Waals surface area contributed by atoms with Crippen LogP contribution in [0.15, 0.2) is 34.3 Å². The first kappa shape index (κ1) is 24.4. The molecule has 1 spiro atoms. The summed E-state index contributed by atoms with van der Waals surface area (Å²) in [6.45, 7) is 1.83. The van der Waals surface area contributed by atoms with Crippen molar-refractivity contribution in [2.75, 3.05) is 19.3 Å². The second-order valence-electron chi connectivity index (χ2n) is 9.88. The highest BCUT2D eigenvalue weighted by Gasteiger charge is 2.58. The minimum Gasteiger partial charge on any atom is -0.612 e. The van der Waals surface area contributed by atoms with Gasteiger partial charge in [0.2, 0.25) is 11.0 Å². The number of nitrogens with one attached hydrogen (secondary N) is 1. The van der Waals surface area contributed by atoms with Crippen LogP contribution in [0, 0.1) is 16.4 Å². The maximum atomic E-state index is 14.9. The fraction of sp³-hybridized carbons (Fsp3) is 0.542. The molecule has 0 bridgehead atoms. The highest BCUT2D eigenvalue weighted by molar-refractivity contribution is 7.78. The summed E-state index contributed by atoms with van der Waals surface area (Å²) in [5.41, 5.74) is 0.440. The van der Waals surface area contributed by atoms with Gasteiger partial charge in [-0.25, -0.2) is 13.7 Å². The van der Waals surface area contributed by atoms with Crippen LogP contribution in [0.1, 0.15) is 60.4 Å². The van der Waals surface area contributed by atoms with Crippen LogP contribution in [-0.2, 0) is 11.0 Å². The molecule has 1 amide bonds. The molecule has 34 heavy (non-hydrogen) atoms. The van der Waals surface area contributed by atoms with Gasteiger partial charge in [0.05, 0.1) is 6.26 Å². The average Bonchev–Trinajstić information content (AvgIpc) is 3.71. The van der Waals surface area contributed by atoms with E-state index in [9.17, 15) is 18.6 Å². The van der Waals surface area contributed by atoms with Crippen molar-refractivity contribution in [3.63, 3.8) is 0 Å². The van der Waals surface area contributed by atoms with E-state index < -0.39 is 27.2 Å². The number of benzene rings is 1. The molecule has 3 fully saturated rings. The Morgan fingerprint density at radius 2 is 2.12 bits per heavy atom. The van der Waals surface area contributed by atoms with Crippen molar-refractivity contribution in [2.45, 2.75) is 56.6 Å². The maximum Gasteiger partial charge on any atom is 0.360 e. The molecule has 1 heterocycles. The number of carbonyl (C=O) groups is 1. The normalized spacial score (nSPS) is 31.0. The molecule has 0 radical (unpaired) electrons. The van der Waals surface area contributed by atoms with Crippen molar-refractivity contribution < 1.29 is 22.6 Å². The summed E-state index contributed by atoms with van der Waals surface area (Å²) < 4.78 is 31.6. The Morgan fingerprint density at radius 3 is 2.79 bits per heavy atom. The molecular weight excluding hydrogens is 502 g/mol. The molecule has 5 rings (SSSR count). The molecule has 3 aliphatic carbocycles. The summed E-state index contributed by atoms with van der Waals surface area (Å²) in [5.74, 6) is -1.23. The van der Waals surface area contributed by atoms with Crippen molar-refractivity contribution >= 4 is 40.1 Å². The number of rotatable bonds is 6. The molecule has 10 heteroatoms. The largest absolute Gasteiger partial charge is 0.612 e. The fourth-order valence-electron chi connectivity index (χ4n) is 5.27. The summed E-state index contributed by atoms with van der Waals surface area (Å²) in [5, 5.41) is 13.3. The second kappa shape index (κ2) is 9.30. The third-order valence-electron chi connectivity index (χ3n) is 7.35. The van der Waals surface area contributed by atoms with Crippen LogP contribution >= 0.6 is 23.2 Å². The number of carbonyl (C=O) groups excluding carboxylic acids is 1. The van der Waals surface area contributed by atoms with Gasteiger partial charge in [0.25, 0.3) is 0 Å². The van der Waals surface area contributed by atoms with Gasteiger partial charge in [-0.05, 0) is 68.3 Å². The topological polar surface area (TPSA) is 74.1 Å². The van der Waals surface area contributed by atoms with Crippen molar-refractivity contribution in [3.05, 3.63) is 56.5 Å². The Hall–Kier alpha value is -1.29. The molecule has 6 nitrogen and oxygen atoms in total. The van der Waals surface area contributed by atoms with E-state index in [4.69, 9.17) is 27.9 Å². The molecule has 4 unspecified atom stereocenters. The van der Waals surface area contributed by atoms with Gasteiger partial charge in [0, 0.05) is 40.6 Å². The number of nitrogens with zero attached hydrogens (tertiary/aromatic N) is 1. The number of hydrogen-bond acceptors (Lipinski definition) is 5. The van der Waals surface area contributed by atoms with Gasteiger partial charge in [-0.2, -0.15) is 4.21 Å². The van der Waals surface area contributed by atoms with E-state index in [1.165, 1.54) is 12.1 Å². The van der Waals surface area contributed by atoms with E-state index >= 15 is 0 Å². The van der Waals surface area contributed by atoms with Crippen LogP contribution < -0.4 is 9.21 Å². The summed E-state index contributed by atoms with van der Waals surface area (Å²) in [6.07, 6.45) is 10.5. The molecule has 4 aliphatic rings. The number of halogens is 3. The summed E-state index contributed by atoms with van der Waals surface area (Å²) >= 11 is 12.5. The van der Waals surface area contributed by atoms with Crippen molar-refractivity contribution in [2.24, 2.45) is 5.41 Å². The molecular formula is C24H27Cl2FN2O4S. The molecule has 1 aromatic carbocycles. The third-order valence-corrected chi connectivity index (χ3v) is 8.56. The zero-order chi connectivity index (χ0) is 24.2. The molecule has 0 aromatic heterocycles. The number of hydroxylamine groups is 1. The predicted molar refractivity (Wildman–Crippen MR) is 130 cm³/mol. The van der Waals surface area contributed by atoms with Gasteiger partial charge in [0.15, 0.2) is 0 Å². The van der Waals surface area contributed by atoms with Gasteiger partial charge in [-0.15, -0.1) is 0 Å². The quantitative estimate of drug-likeness (QED) is 0.569. The molecule has 5 atom stereocenters. The average molecular weight is 529 g/mol. The minimum absolute atomic E-state index is 0.00701. The van der Waals surface area contributed by atoms with E-state index in [0.29, 0.717) is 10.8 Å². The van der Waals surface area contributed by atoms with Gasteiger partial charge in [-0.3, -0.25) is 4.90 Å². The lowest BCUT2D eigenvalue weighted by molar-refractivity contribution is -0.600. The first-order chi connectivity index (χ1) is 16.2. The Labute approximate surface area is 210 Å². The number of amides is 1. The minimum atomic E-state index is -1.99. The zero-order valence-electron chi connectivity index (χ0n) is 18.8. The molecule has 1 aliphatic heterocycles. The van der Waals surface area contributed by atoms with E-state index in [1.54, 1.807) is 6.08 Å². The number of quaternary nitrogens is 1. The summed E-state index contributed by atoms with van der Waals surface area (Å²) in [7, 11) is -1.99. The van der Waals surface area contributed by atoms with Gasteiger partial charge >= 0.3 is 5.91 Å². The van der Waals surface area contributed by atoms with Gasteiger partial charge < -0.3 is 9.94 Å². The van der Waals surface area contributed by atoms with Crippen LogP contribution in [0.4, 0.5) is 4.39 Å². The summed E-state index contributed by atoms with van der Waals surface area (Å²) in [4.78, 5) is 14.8. The first-order valence-corrected chi connectivity index (χ1v) is 13.9. The van der Waals surface area contributed by atoms with Crippen molar-refractivity contribution in [1.82, 2.24) is 4.90 Å². The second-order valence-corrected chi connectivity index (χ2v) is 12.1. The van der Waals surface area contributed by atoms with E-state index in [2.05, 4.69) is 4.90 Å². The van der Waals surface area contributed by atoms with Crippen LogP contribution in [0.2, 0.25) is 0 Å². The molecule has 1 aromatic rings. The first-order valence-electron chi connectivity index (χ1n) is 11.6. The van der Waals surface area contributed by atoms with E-state index in [-0.39, 0.29) is 29.0 Å². The van der Waals surface area contributed by atoms with E-state index in [0.717, 1.165) is 68.5 Å². The lowest BCUT2D eigenvalue weighted by Crippen LogP contribution is -3.09. The standard InChI is InChI=1S/C24H27Cl2FN2O4S/c1-34(32)29(31)23(30)19-10-18(14-3-4-14)21(11-20(19)27)33-22-12-24(22)5-2-6-28(13-24)17-8-15(25)7-16(26)9-17/h7-8,10-11,14,17,22,29H,2-6,9,12-13H2,1H3/t17?,22?,24-,34?/m0/s1. The van der Waals surface area contributed by atoms with Gasteiger partial charge in [0.1, 0.15) is 23.2 Å². The van der Waals surface area contributed by atoms with E-state index in [1.807, 2.05) is 6.08 Å². The van der Waals surface area contributed by atoms with Crippen LogP contribution in [0.25, 0.3) is 0 Å². The number of hydrogen-bond donors (Lipinski definition) is 1. The lowest BCUT2D eigenvalue weighted by Gasteiger charge is -2.38. The van der Waals surface area contributed by atoms with Crippen LogP contribution in [0.3, 0.4) is 0 Å². The van der Waals surface area contributed by atoms with Crippen molar-refractivity contribution in [1.29, 1.82) is 0 Å². The van der Waals surface area contributed by atoms with Crippen molar-refractivity contribution in [3.8, 4) is 5.75 Å². The number of allylic oxidation sites excluding steroid dienone is 2. The Kier molecular flexibility index (Phi) is 6.68. The van der Waals surface area contributed by atoms with Gasteiger partial charge in [-0.1, -0.05) is 23.2 Å². The molecule has 2 saturated carbocycles. The lowest BCUT2D eigenvalue weighted by atomic mass is 9.92. The number of ether oxygens (including phenoxy) is 1. The number of piperidine rings is 1. The molecule has 184 valence electrons. The smallest absolute Gasteiger partial charge is 0.360 e. The summed E-state index contributed by atoms with van der Waals surface area (Å²) in [6, 6.07) is 2.82. The Balaban J connectivity index is 1.32. The monoisotopic (exact) mass is 528 g/mol. The van der Waals surface area contributed by atoms with Crippen LogP contribution in [-0.4, -0.2) is 46.5 Å². The third kappa shape index (κ3) is 4.86. The predicted octanol–water partition coefficient (Wildman–Crippen LogP) is 3.77. The maximum absolute atomic E-state index is 14.9. The molecule has 1 N–H and O–H groups in total. The molecule has 1 saturated heterocycles.